The smallest absolute Gasteiger partial charge is 0.341 e. The first-order valence-corrected chi connectivity index (χ1v) is 9.72. The number of Topliss-reactive ketones (excluding diaryl/α,β-unsaturated/α-hetero) is 1. The van der Waals surface area contributed by atoms with Crippen LogP contribution in [0.2, 0.25) is 0 Å². The highest BCUT2D eigenvalue weighted by Crippen LogP contribution is 2.34. The molecular weight excluding hydrogens is 378 g/mol. The van der Waals surface area contributed by atoms with Crippen molar-refractivity contribution < 1.29 is 23.9 Å². The highest BCUT2D eigenvalue weighted by atomic mass is 32.1. The summed E-state index contributed by atoms with van der Waals surface area (Å²) >= 11 is 1.07. The third-order valence-corrected chi connectivity index (χ3v) is 5.11. The van der Waals surface area contributed by atoms with E-state index in [0.717, 1.165) is 22.6 Å². The summed E-state index contributed by atoms with van der Waals surface area (Å²) < 4.78 is 10.4. The quantitative estimate of drug-likeness (QED) is 0.400. The van der Waals surface area contributed by atoms with E-state index in [1.54, 1.807) is 19.9 Å². The fraction of sp³-hybridized carbons (Fsp3) is 0.286. The number of amides is 1. The summed E-state index contributed by atoms with van der Waals surface area (Å²) in [5, 5.41) is 2.99. The summed E-state index contributed by atoms with van der Waals surface area (Å²) in [5.74, 6) is -0.377. The molecule has 0 atom stereocenters. The van der Waals surface area contributed by atoms with Crippen LogP contribution in [0.15, 0.2) is 30.3 Å². The summed E-state index contributed by atoms with van der Waals surface area (Å²) in [6.07, 6.45) is 3.02. The van der Waals surface area contributed by atoms with E-state index < -0.39 is 11.9 Å². The van der Waals surface area contributed by atoms with E-state index in [2.05, 4.69) is 5.32 Å². The van der Waals surface area contributed by atoms with Crippen LogP contribution in [0.5, 0.6) is 5.75 Å². The fourth-order valence-electron chi connectivity index (χ4n) is 2.55. The molecule has 0 aliphatic rings. The molecule has 0 fully saturated rings. The van der Waals surface area contributed by atoms with Gasteiger partial charge in [0, 0.05) is 6.08 Å². The minimum absolute atomic E-state index is 0.168. The van der Waals surface area contributed by atoms with E-state index in [0.29, 0.717) is 22.0 Å². The van der Waals surface area contributed by atoms with Gasteiger partial charge < -0.3 is 14.8 Å². The van der Waals surface area contributed by atoms with E-state index in [4.69, 9.17) is 9.47 Å². The van der Waals surface area contributed by atoms with Gasteiger partial charge in [-0.2, -0.15) is 0 Å². The molecule has 1 aromatic carbocycles. The van der Waals surface area contributed by atoms with Crippen molar-refractivity contribution in [3.05, 3.63) is 51.9 Å². The number of anilines is 1. The van der Waals surface area contributed by atoms with Crippen LogP contribution in [0.25, 0.3) is 6.08 Å². The van der Waals surface area contributed by atoms with Crippen molar-refractivity contribution in [3.63, 3.8) is 0 Å². The second kappa shape index (κ2) is 9.85. The molecule has 0 radical (unpaired) electrons. The van der Waals surface area contributed by atoms with Crippen molar-refractivity contribution in [2.75, 3.05) is 18.5 Å². The van der Waals surface area contributed by atoms with Crippen molar-refractivity contribution in [2.45, 2.75) is 27.7 Å². The lowest BCUT2D eigenvalue weighted by atomic mass is 10.1. The second-order valence-corrected chi connectivity index (χ2v) is 6.88. The van der Waals surface area contributed by atoms with E-state index in [9.17, 15) is 14.4 Å². The number of rotatable bonds is 8. The van der Waals surface area contributed by atoms with Gasteiger partial charge in [0.05, 0.1) is 23.7 Å². The molecular formula is C21H23NO5S. The van der Waals surface area contributed by atoms with Crippen LogP contribution in [-0.4, -0.2) is 30.9 Å². The predicted octanol–water partition coefficient (Wildman–Crippen LogP) is 4.49. The van der Waals surface area contributed by atoms with Gasteiger partial charge in [0.25, 0.3) is 0 Å². The third kappa shape index (κ3) is 5.29. The van der Waals surface area contributed by atoms with E-state index in [1.165, 1.54) is 13.0 Å². The Bertz CT molecular complexity index is 896. The zero-order chi connectivity index (χ0) is 20.7. The lowest BCUT2D eigenvalue weighted by Crippen LogP contribution is -2.12. The highest BCUT2D eigenvalue weighted by molar-refractivity contribution is 7.18. The minimum atomic E-state index is -0.561. The van der Waals surface area contributed by atoms with Gasteiger partial charge in [-0.15, -0.1) is 11.3 Å². The Kier molecular flexibility index (Phi) is 7.52. The molecule has 148 valence electrons. The molecule has 0 bridgehead atoms. The second-order valence-electron chi connectivity index (χ2n) is 5.86. The third-order valence-electron chi connectivity index (χ3n) is 3.80. The number of carbonyl (C=O) groups is 3. The van der Waals surface area contributed by atoms with Gasteiger partial charge in [-0.25, -0.2) is 4.79 Å². The lowest BCUT2D eigenvalue weighted by Gasteiger charge is -2.05. The van der Waals surface area contributed by atoms with Crippen LogP contribution in [0.1, 0.15) is 51.9 Å². The topological polar surface area (TPSA) is 81.7 Å². The summed E-state index contributed by atoms with van der Waals surface area (Å²) in [6.45, 7) is 7.49. The highest BCUT2D eigenvalue weighted by Gasteiger charge is 2.24. The van der Waals surface area contributed by atoms with E-state index >= 15 is 0 Å². The first kappa shape index (κ1) is 21.4. The van der Waals surface area contributed by atoms with E-state index in [-0.39, 0.29) is 18.0 Å². The molecule has 2 aromatic rings. The Labute approximate surface area is 168 Å². The molecule has 1 amide bonds. The zero-order valence-corrected chi connectivity index (χ0v) is 17.1. The molecule has 2 rings (SSSR count). The molecule has 0 spiro atoms. The monoisotopic (exact) mass is 401 g/mol. The Hall–Kier alpha value is -2.93. The molecule has 6 nitrogen and oxygen atoms in total. The van der Waals surface area contributed by atoms with Gasteiger partial charge >= 0.3 is 5.97 Å². The molecule has 0 aliphatic carbocycles. The van der Waals surface area contributed by atoms with Crippen molar-refractivity contribution in [2.24, 2.45) is 0 Å². The van der Waals surface area contributed by atoms with Crippen molar-refractivity contribution >= 4 is 40.1 Å². The van der Waals surface area contributed by atoms with Crippen LogP contribution in [0.3, 0.4) is 0 Å². The Morgan fingerprint density at radius 2 is 1.79 bits per heavy atom. The summed E-state index contributed by atoms with van der Waals surface area (Å²) in [7, 11) is 0. The van der Waals surface area contributed by atoms with Crippen LogP contribution < -0.4 is 10.1 Å². The number of nitrogens with one attached hydrogen (secondary N) is 1. The van der Waals surface area contributed by atoms with Gasteiger partial charge in [-0.05, 0) is 57.0 Å². The molecule has 1 heterocycles. The minimum Gasteiger partial charge on any atom is -0.494 e. The number of hydrogen-bond donors (Lipinski definition) is 1. The number of thiophene rings is 1. The number of ketones is 1. The summed E-state index contributed by atoms with van der Waals surface area (Å²) in [5.41, 5.74) is 1.57. The summed E-state index contributed by atoms with van der Waals surface area (Å²) in [4.78, 5) is 36.8. The molecule has 0 saturated heterocycles. The van der Waals surface area contributed by atoms with Crippen LogP contribution in [-0.2, 0) is 9.53 Å². The van der Waals surface area contributed by atoms with Gasteiger partial charge in [0.15, 0.2) is 5.78 Å². The number of carbonyl (C=O) groups excluding carboxylic acids is 3. The SMILES string of the molecule is CCOC(=O)c1c(NC(=O)/C=C/c2ccc(OCC)cc2)sc(C(C)=O)c1C. The first-order chi connectivity index (χ1) is 13.4. The van der Waals surface area contributed by atoms with Gasteiger partial charge in [-0.1, -0.05) is 12.1 Å². The average molecular weight is 401 g/mol. The van der Waals surface area contributed by atoms with Crippen LogP contribution in [0, 0.1) is 6.92 Å². The molecule has 1 aromatic heterocycles. The molecule has 0 saturated carbocycles. The fourth-order valence-corrected chi connectivity index (χ4v) is 3.65. The number of hydrogen-bond acceptors (Lipinski definition) is 6. The van der Waals surface area contributed by atoms with Gasteiger partial charge in [-0.3, -0.25) is 9.59 Å². The van der Waals surface area contributed by atoms with Gasteiger partial charge in [0.1, 0.15) is 10.8 Å². The normalized spacial score (nSPS) is 10.7. The number of ether oxygens (including phenoxy) is 2. The van der Waals surface area contributed by atoms with Crippen molar-refractivity contribution in [1.29, 1.82) is 0 Å². The Morgan fingerprint density at radius 3 is 2.36 bits per heavy atom. The maximum absolute atomic E-state index is 12.3. The van der Waals surface area contributed by atoms with Gasteiger partial charge in [0.2, 0.25) is 5.91 Å². The maximum Gasteiger partial charge on any atom is 0.341 e. The molecule has 1 N–H and O–H groups in total. The Balaban J connectivity index is 2.19. The summed E-state index contributed by atoms with van der Waals surface area (Å²) in [6, 6.07) is 7.31. The standard InChI is InChI=1S/C21H23NO5S/c1-5-26-16-10-7-15(8-11-16)9-12-17(24)22-20-18(21(25)27-6-2)13(3)19(28-20)14(4)23/h7-12H,5-6H2,1-4H3,(H,22,24)/b12-9+. The largest absolute Gasteiger partial charge is 0.494 e. The zero-order valence-electron chi connectivity index (χ0n) is 16.3. The van der Waals surface area contributed by atoms with Crippen molar-refractivity contribution in [1.82, 2.24) is 0 Å². The molecule has 28 heavy (non-hydrogen) atoms. The first-order valence-electron chi connectivity index (χ1n) is 8.90. The number of benzene rings is 1. The van der Waals surface area contributed by atoms with Crippen LogP contribution >= 0.6 is 11.3 Å². The lowest BCUT2D eigenvalue weighted by molar-refractivity contribution is -0.111. The number of esters is 1. The van der Waals surface area contributed by atoms with Crippen LogP contribution in [0.4, 0.5) is 5.00 Å². The van der Waals surface area contributed by atoms with Crippen molar-refractivity contribution in [3.8, 4) is 5.75 Å². The average Bonchev–Trinajstić information content (AvgIpc) is 2.98. The predicted molar refractivity (Wildman–Crippen MR) is 110 cm³/mol. The van der Waals surface area contributed by atoms with E-state index in [1.807, 2.05) is 31.2 Å². The Morgan fingerprint density at radius 1 is 1.11 bits per heavy atom. The maximum atomic E-state index is 12.3. The molecule has 0 unspecified atom stereocenters. The molecule has 7 heteroatoms. The molecule has 0 aliphatic heterocycles.